The van der Waals surface area contributed by atoms with Crippen LogP contribution in [0.3, 0.4) is 0 Å². The SMILES string of the molecule is COc1cccc(C(=O)NC2CCN(Cc3ccc4ccc(OC)cc4c3)CC2)c1. The lowest BCUT2D eigenvalue weighted by molar-refractivity contribution is 0.0908. The standard InChI is InChI=1S/C25H28N2O3/c1-29-23-5-3-4-20(15-23)25(28)26-22-10-12-27(13-11-22)17-18-6-7-19-8-9-24(30-2)16-21(19)14-18/h3-9,14-16,22H,10-13,17H2,1-2H3,(H,26,28). The fourth-order valence-corrected chi connectivity index (χ4v) is 4.03. The lowest BCUT2D eigenvalue weighted by Crippen LogP contribution is -2.44. The first-order chi connectivity index (χ1) is 14.6. The van der Waals surface area contributed by atoms with Crippen LogP contribution in [0.4, 0.5) is 0 Å². The summed E-state index contributed by atoms with van der Waals surface area (Å²) in [6.07, 6.45) is 1.91. The molecule has 1 N–H and O–H groups in total. The van der Waals surface area contributed by atoms with E-state index in [-0.39, 0.29) is 11.9 Å². The van der Waals surface area contributed by atoms with Crippen molar-refractivity contribution in [2.24, 2.45) is 0 Å². The van der Waals surface area contributed by atoms with Crippen molar-refractivity contribution in [3.63, 3.8) is 0 Å². The molecule has 1 saturated heterocycles. The first-order valence-electron chi connectivity index (χ1n) is 10.4. The van der Waals surface area contributed by atoms with Crippen LogP contribution in [0.5, 0.6) is 11.5 Å². The van der Waals surface area contributed by atoms with Crippen LogP contribution < -0.4 is 14.8 Å². The Morgan fingerprint density at radius 2 is 1.67 bits per heavy atom. The van der Waals surface area contributed by atoms with Gasteiger partial charge >= 0.3 is 0 Å². The highest BCUT2D eigenvalue weighted by Gasteiger charge is 2.21. The summed E-state index contributed by atoms with van der Waals surface area (Å²) < 4.78 is 10.6. The Morgan fingerprint density at radius 1 is 0.933 bits per heavy atom. The van der Waals surface area contributed by atoms with Gasteiger partial charge in [-0.15, -0.1) is 0 Å². The first-order valence-corrected chi connectivity index (χ1v) is 10.4. The van der Waals surface area contributed by atoms with Gasteiger partial charge in [-0.05, 0) is 65.6 Å². The molecule has 1 fully saturated rings. The van der Waals surface area contributed by atoms with Crippen molar-refractivity contribution in [1.82, 2.24) is 10.2 Å². The van der Waals surface area contributed by atoms with E-state index in [1.54, 1.807) is 20.3 Å². The third-order valence-corrected chi connectivity index (χ3v) is 5.77. The maximum atomic E-state index is 12.5. The van der Waals surface area contributed by atoms with Crippen molar-refractivity contribution in [3.8, 4) is 11.5 Å². The maximum Gasteiger partial charge on any atom is 0.251 e. The number of hydrogen-bond donors (Lipinski definition) is 1. The molecule has 0 aliphatic carbocycles. The van der Waals surface area contributed by atoms with E-state index in [2.05, 4.69) is 40.5 Å². The van der Waals surface area contributed by atoms with Gasteiger partial charge in [0.2, 0.25) is 0 Å². The average Bonchev–Trinajstić information content (AvgIpc) is 2.79. The number of amides is 1. The molecule has 0 unspecified atom stereocenters. The molecule has 0 radical (unpaired) electrons. The zero-order valence-corrected chi connectivity index (χ0v) is 17.6. The van der Waals surface area contributed by atoms with Crippen molar-refractivity contribution in [2.45, 2.75) is 25.4 Å². The van der Waals surface area contributed by atoms with Crippen LogP contribution in [0.15, 0.2) is 60.7 Å². The molecule has 30 heavy (non-hydrogen) atoms. The first kappa shape index (κ1) is 20.2. The van der Waals surface area contributed by atoms with Crippen molar-refractivity contribution in [3.05, 3.63) is 71.8 Å². The molecule has 0 saturated carbocycles. The predicted octanol–water partition coefficient (Wildman–Crippen LogP) is 4.25. The summed E-state index contributed by atoms with van der Waals surface area (Å²) in [6, 6.07) is 20.3. The molecule has 1 aliphatic rings. The summed E-state index contributed by atoms with van der Waals surface area (Å²) in [5, 5.41) is 5.59. The highest BCUT2D eigenvalue weighted by Crippen LogP contribution is 2.23. The highest BCUT2D eigenvalue weighted by atomic mass is 16.5. The predicted molar refractivity (Wildman–Crippen MR) is 119 cm³/mol. The van der Waals surface area contributed by atoms with Crippen molar-refractivity contribution < 1.29 is 14.3 Å². The number of carbonyl (C=O) groups is 1. The fourth-order valence-electron chi connectivity index (χ4n) is 4.03. The summed E-state index contributed by atoms with van der Waals surface area (Å²) >= 11 is 0. The Hall–Kier alpha value is -3.05. The minimum absolute atomic E-state index is 0.0316. The second-order valence-corrected chi connectivity index (χ2v) is 7.80. The fraction of sp³-hybridized carbons (Fsp3) is 0.320. The Labute approximate surface area is 177 Å². The van der Waals surface area contributed by atoms with Crippen LogP contribution in [-0.4, -0.2) is 44.2 Å². The van der Waals surface area contributed by atoms with Gasteiger partial charge < -0.3 is 14.8 Å². The van der Waals surface area contributed by atoms with Gasteiger partial charge in [0.05, 0.1) is 14.2 Å². The molecular weight excluding hydrogens is 376 g/mol. The quantitative estimate of drug-likeness (QED) is 0.667. The van der Waals surface area contributed by atoms with Gasteiger partial charge in [-0.3, -0.25) is 9.69 Å². The van der Waals surface area contributed by atoms with Crippen LogP contribution in [0.25, 0.3) is 10.8 Å². The minimum atomic E-state index is -0.0316. The van der Waals surface area contributed by atoms with Gasteiger partial charge in [-0.1, -0.05) is 24.3 Å². The summed E-state index contributed by atoms with van der Waals surface area (Å²) in [5.74, 6) is 1.55. The third kappa shape index (κ3) is 4.74. The van der Waals surface area contributed by atoms with Crippen LogP contribution in [-0.2, 0) is 6.54 Å². The van der Waals surface area contributed by atoms with E-state index >= 15 is 0 Å². The molecule has 4 rings (SSSR count). The number of ether oxygens (including phenoxy) is 2. The van der Waals surface area contributed by atoms with Crippen molar-refractivity contribution in [2.75, 3.05) is 27.3 Å². The lowest BCUT2D eigenvalue weighted by atomic mass is 10.0. The second kappa shape index (κ2) is 9.18. The van der Waals surface area contributed by atoms with E-state index in [0.717, 1.165) is 38.2 Å². The molecule has 3 aromatic rings. The molecule has 1 aliphatic heterocycles. The van der Waals surface area contributed by atoms with E-state index in [4.69, 9.17) is 9.47 Å². The van der Waals surface area contributed by atoms with Crippen LogP contribution >= 0.6 is 0 Å². The average molecular weight is 405 g/mol. The Balaban J connectivity index is 1.32. The van der Waals surface area contributed by atoms with E-state index in [9.17, 15) is 4.79 Å². The van der Waals surface area contributed by atoms with E-state index in [0.29, 0.717) is 11.3 Å². The lowest BCUT2D eigenvalue weighted by Gasteiger charge is -2.32. The van der Waals surface area contributed by atoms with Gasteiger partial charge in [0.1, 0.15) is 11.5 Å². The van der Waals surface area contributed by atoms with Crippen LogP contribution in [0, 0.1) is 0 Å². The number of methoxy groups -OCH3 is 2. The number of carbonyl (C=O) groups excluding carboxylic acids is 1. The Morgan fingerprint density at radius 3 is 2.43 bits per heavy atom. The molecule has 1 heterocycles. The zero-order valence-electron chi connectivity index (χ0n) is 17.6. The van der Waals surface area contributed by atoms with Crippen LogP contribution in [0.1, 0.15) is 28.8 Å². The summed E-state index contributed by atoms with van der Waals surface area (Å²) in [6.45, 7) is 2.86. The van der Waals surface area contributed by atoms with Gasteiger partial charge in [0.15, 0.2) is 0 Å². The molecule has 3 aromatic carbocycles. The molecule has 0 spiro atoms. The Bertz CT molecular complexity index is 1030. The van der Waals surface area contributed by atoms with E-state index in [1.165, 1.54) is 16.3 Å². The van der Waals surface area contributed by atoms with Gasteiger partial charge in [-0.2, -0.15) is 0 Å². The summed E-state index contributed by atoms with van der Waals surface area (Å²) in [7, 11) is 3.31. The van der Waals surface area contributed by atoms with Crippen molar-refractivity contribution in [1.29, 1.82) is 0 Å². The monoisotopic (exact) mass is 404 g/mol. The summed E-state index contributed by atoms with van der Waals surface area (Å²) in [5.41, 5.74) is 1.94. The molecule has 156 valence electrons. The molecule has 5 nitrogen and oxygen atoms in total. The molecule has 1 amide bonds. The molecule has 0 bridgehead atoms. The maximum absolute atomic E-state index is 12.5. The van der Waals surface area contributed by atoms with Gasteiger partial charge in [0, 0.05) is 31.2 Å². The topological polar surface area (TPSA) is 50.8 Å². The molecular formula is C25H28N2O3. The minimum Gasteiger partial charge on any atom is -0.497 e. The number of piperidine rings is 1. The normalized spacial score (nSPS) is 15.1. The number of likely N-dealkylation sites (tertiary alicyclic amines) is 1. The summed E-state index contributed by atoms with van der Waals surface area (Å²) in [4.78, 5) is 15.0. The van der Waals surface area contributed by atoms with Crippen LogP contribution in [0.2, 0.25) is 0 Å². The molecule has 0 aromatic heterocycles. The smallest absolute Gasteiger partial charge is 0.251 e. The number of hydrogen-bond acceptors (Lipinski definition) is 4. The second-order valence-electron chi connectivity index (χ2n) is 7.80. The Kier molecular flexibility index (Phi) is 6.19. The zero-order chi connectivity index (χ0) is 20.9. The number of nitrogens with one attached hydrogen (secondary N) is 1. The van der Waals surface area contributed by atoms with Crippen molar-refractivity contribution >= 4 is 16.7 Å². The van der Waals surface area contributed by atoms with Gasteiger partial charge in [0.25, 0.3) is 5.91 Å². The largest absolute Gasteiger partial charge is 0.497 e. The van der Waals surface area contributed by atoms with E-state index in [1.807, 2.05) is 24.3 Å². The highest BCUT2D eigenvalue weighted by molar-refractivity contribution is 5.94. The molecule has 5 heteroatoms. The number of fused-ring (bicyclic) bond motifs is 1. The number of benzene rings is 3. The third-order valence-electron chi connectivity index (χ3n) is 5.77. The molecule has 0 atom stereocenters. The number of rotatable bonds is 6. The van der Waals surface area contributed by atoms with E-state index < -0.39 is 0 Å². The van der Waals surface area contributed by atoms with Gasteiger partial charge in [-0.25, -0.2) is 0 Å². The number of nitrogens with zero attached hydrogens (tertiary/aromatic N) is 1.